The summed E-state index contributed by atoms with van der Waals surface area (Å²) < 4.78 is 5.30. The van der Waals surface area contributed by atoms with Crippen LogP contribution in [0.5, 0.6) is 5.75 Å². The first kappa shape index (κ1) is 14.3. The van der Waals surface area contributed by atoms with Crippen molar-refractivity contribution in [3.8, 4) is 28.6 Å². The van der Waals surface area contributed by atoms with Gasteiger partial charge >= 0.3 is 0 Å². The van der Waals surface area contributed by atoms with Crippen molar-refractivity contribution in [2.75, 3.05) is 0 Å². The molecule has 0 saturated carbocycles. The van der Waals surface area contributed by atoms with Gasteiger partial charge < -0.3 is 9.63 Å². The highest BCUT2D eigenvalue weighted by molar-refractivity contribution is 5.60. The fraction of sp³-hybridized carbons (Fsp3) is 0.222. The fourth-order valence-electron chi connectivity index (χ4n) is 2.26. The SMILES string of the molecule is CCCCc1ccc(-c2noc(-c3ccc(O)cc3)n2)cc1. The lowest BCUT2D eigenvalue weighted by Crippen LogP contribution is -1.86. The number of aryl methyl sites for hydroxylation is 1. The van der Waals surface area contributed by atoms with E-state index in [1.165, 1.54) is 18.4 Å². The zero-order valence-electron chi connectivity index (χ0n) is 12.5. The summed E-state index contributed by atoms with van der Waals surface area (Å²) in [5.41, 5.74) is 3.05. The molecular weight excluding hydrogens is 276 g/mol. The van der Waals surface area contributed by atoms with E-state index >= 15 is 0 Å². The van der Waals surface area contributed by atoms with Crippen molar-refractivity contribution in [2.45, 2.75) is 26.2 Å². The van der Waals surface area contributed by atoms with E-state index in [9.17, 15) is 5.11 Å². The summed E-state index contributed by atoms with van der Waals surface area (Å²) >= 11 is 0. The lowest BCUT2D eigenvalue weighted by atomic mass is 10.1. The first-order chi connectivity index (χ1) is 10.8. The third-order valence-electron chi connectivity index (χ3n) is 3.57. The van der Waals surface area contributed by atoms with Gasteiger partial charge in [-0.15, -0.1) is 0 Å². The number of nitrogens with zero attached hydrogens (tertiary/aromatic N) is 2. The molecule has 0 fully saturated rings. The molecule has 0 amide bonds. The zero-order valence-corrected chi connectivity index (χ0v) is 12.5. The highest BCUT2D eigenvalue weighted by atomic mass is 16.5. The average Bonchev–Trinajstić information content (AvgIpc) is 3.04. The smallest absolute Gasteiger partial charge is 0.258 e. The number of phenolic OH excluding ortho intramolecular Hbond substituents is 1. The summed E-state index contributed by atoms with van der Waals surface area (Å²) in [5, 5.41) is 13.3. The second-order valence-corrected chi connectivity index (χ2v) is 5.27. The Morgan fingerprint density at radius 1 is 0.955 bits per heavy atom. The molecule has 0 spiro atoms. The van der Waals surface area contributed by atoms with Crippen LogP contribution in [0.4, 0.5) is 0 Å². The van der Waals surface area contributed by atoms with Gasteiger partial charge in [0.1, 0.15) is 5.75 Å². The van der Waals surface area contributed by atoms with Gasteiger partial charge in [0.15, 0.2) is 0 Å². The number of hydrogen-bond donors (Lipinski definition) is 1. The van der Waals surface area contributed by atoms with Crippen LogP contribution in [0.1, 0.15) is 25.3 Å². The maximum Gasteiger partial charge on any atom is 0.258 e. The monoisotopic (exact) mass is 294 g/mol. The molecule has 0 saturated heterocycles. The van der Waals surface area contributed by atoms with Crippen LogP contribution in [-0.4, -0.2) is 15.2 Å². The Labute approximate surface area is 129 Å². The summed E-state index contributed by atoms with van der Waals surface area (Å²) in [6.45, 7) is 2.19. The van der Waals surface area contributed by atoms with Gasteiger partial charge in [-0.25, -0.2) is 0 Å². The average molecular weight is 294 g/mol. The highest BCUT2D eigenvalue weighted by Crippen LogP contribution is 2.24. The third-order valence-corrected chi connectivity index (χ3v) is 3.57. The number of aromatic hydroxyl groups is 1. The summed E-state index contributed by atoms with van der Waals surface area (Å²) in [5.74, 6) is 1.24. The quantitative estimate of drug-likeness (QED) is 0.755. The Hall–Kier alpha value is -2.62. The van der Waals surface area contributed by atoms with Crippen molar-refractivity contribution >= 4 is 0 Å². The first-order valence-corrected chi connectivity index (χ1v) is 7.48. The van der Waals surface area contributed by atoms with Crippen molar-refractivity contribution in [3.05, 3.63) is 54.1 Å². The summed E-state index contributed by atoms with van der Waals surface area (Å²) in [7, 11) is 0. The van der Waals surface area contributed by atoms with Crippen molar-refractivity contribution in [3.63, 3.8) is 0 Å². The lowest BCUT2D eigenvalue weighted by molar-refractivity contribution is 0.432. The topological polar surface area (TPSA) is 59.2 Å². The van der Waals surface area contributed by atoms with Gasteiger partial charge in [-0.3, -0.25) is 0 Å². The van der Waals surface area contributed by atoms with E-state index in [-0.39, 0.29) is 5.75 Å². The molecule has 3 rings (SSSR count). The predicted octanol–water partition coefficient (Wildman–Crippen LogP) is 4.45. The molecule has 3 aromatic rings. The molecule has 0 aliphatic carbocycles. The molecule has 1 heterocycles. The minimum Gasteiger partial charge on any atom is -0.508 e. The number of benzene rings is 2. The second-order valence-electron chi connectivity index (χ2n) is 5.27. The summed E-state index contributed by atoms with van der Waals surface area (Å²) in [4.78, 5) is 4.41. The van der Waals surface area contributed by atoms with Crippen molar-refractivity contribution in [2.24, 2.45) is 0 Å². The van der Waals surface area contributed by atoms with E-state index in [0.29, 0.717) is 11.7 Å². The van der Waals surface area contributed by atoms with E-state index in [4.69, 9.17) is 4.52 Å². The summed E-state index contributed by atoms with van der Waals surface area (Å²) in [6, 6.07) is 15.0. The van der Waals surface area contributed by atoms with Crippen molar-refractivity contribution in [1.82, 2.24) is 10.1 Å². The standard InChI is InChI=1S/C18H18N2O2/c1-2-3-4-13-5-7-14(8-6-13)17-19-18(22-20-17)15-9-11-16(21)12-10-15/h5-12,21H,2-4H2,1H3. The number of aromatic nitrogens is 2. The van der Waals surface area contributed by atoms with Crippen LogP contribution in [0.3, 0.4) is 0 Å². The number of hydrogen-bond acceptors (Lipinski definition) is 4. The van der Waals surface area contributed by atoms with Gasteiger partial charge in [0.2, 0.25) is 5.82 Å². The van der Waals surface area contributed by atoms with Gasteiger partial charge in [-0.05, 0) is 42.7 Å². The van der Waals surface area contributed by atoms with Crippen LogP contribution >= 0.6 is 0 Å². The largest absolute Gasteiger partial charge is 0.508 e. The molecule has 2 aromatic carbocycles. The molecule has 0 atom stereocenters. The summed E-state index contributed by atoms with van der Waals surface area (Å²) in [6.07, 6.45) is 3.50. The molecule has 4 nitrogen and oxygen atoms in total. The van der Waals surface area contributed by atoms with Gasteiger partial charge in [0, 0.05) is 11.1 Å². The lowest BCUT2D eigenvalue weighted by Gasteiger charge is -2.00. The number of unbranched alkanes of at least 4 members (excludes halogenated alkanes) is 1. The maximum absolute atomic E-state index is 9.31. The van der Waals surface area contributed by atoms with Crippen molar-refractivity contribution in [1.29, 1.82) is 0 Å². The van der Waals surface area contributed by atoms with Crippen LogP contribution in [0.15, 0.2) is 53.1 Å². The Morgan fingerprint density at radius 3 is 2.32 bits per heavy atom. The van der Waals surface area contributed by atoms with Crippen LogP contribution in [0.2, 0.25) is 0 Å². The Kier molecular flexibility index (Phi) is 4.19. The minimum atomic E-state index is 0.214. The minimum absolute atomic E-state index is 0.214. The van der Waals surface area contributed by atoms with Gasteiger partial charge in [-0.1, -0.05) is 42.8 Å². The zero-order chi connectivity index (χ0) is 15.4. The van der Waals surface area contributed by atoms with E-state index < -0.39 is 0 Å². The molecule has 112 valence electrons. The third kappa shape index (κ3) is 3.17. The van der Waals surface area contributed by atoms with Crippen LogP contribution in [0, 0.1) is 0 Å². The Bertz CT molecular complexity index is 731. The Morgan fingerprint density at radius 2 is 1.64 bits per heavy atom. The predicted molar refractivity (Wildman–Crippen MR) is 85.4 cm³/mol. The highest BCUT2D eigenvalue weighted by Gasteiger charge is 2.10. The van der Waals surface area contributed by atoms with Crippen LogP contribution in [-0.2, 0) is 6.42 Å². The number of rotatable bonds is 5. The van der Waals surface area contributed by atoms with E-state index in [1.54, 1.807) is 24.3 Å². The van der Waals surface area contributed by atoms with Gasteiger partial charge in [0.05, 0.1) is 0 Å². The van der Waals surface area contributed by atoms with E-state index in [2.05, 4.69) is 29.2 Å². The molecule has 0 aliphatic rings. The normalized spacial score (nSPS) is 10.8. The Balaban J connectivity index is 1.79. The fourth-order valence-corrected chi connectivity index (χ4v) is 2.26. The second kappa shape index (κ2) is 6.43. The maximum atomic E-state index is 9.31. The molecule has 1 aromatic heterocycles. The van der Waals surface area contributed by atoms with E-state index in [1.807, 2.05) is 12.1 Å². The van der Waals surface area contributed by atoms with Gasteiger partial charge in [0.25, 0.3) is 5.89 Å². The van der Waals surface area contributed by atoms with Crippen LogP contribution in [0.25, 0.3) is 22.8 Å². The molecule has 0 unspecified atom stereocenters. The molecule has 22 heavy (non-hydrogen) atoms. The number of phenols is 1. The van der Waals surface area contributed by atoms with Crippen molar-refractivity contribution < 1.29 is 9.63 Å². The molecule has 0 radical (unpaired) electrons. The van der Waals surface area contributed by atoms with E-state index in [0.717, 1.165) is 17.5 Å². The molecule has 4 heteroatoms. The first-order valence-electron chi connectivity index (χ1n) is 7.48. The molecular formula is C18H18N2O2. The molecule has 0 aliphatic heterocycles. The van der Waals surface area contributed by atoms with Gasteiger partial charge in [-0.2, -0.15) is 4.98 Å². The van der Waals surface area contributed by atoms with Crippen LogP contribution < -0.4 is 0 Å². The molecule has 0 bridgehead atoms. The molecule has 1 N–H and O–H groups in total.